The minimum absolute atomic E-state index is 0.135. The smallest absolute Gasteiger partial charge is 0.164 e. The molecule has 2 rings (SSSR count). The Hall–Kier alpha value is -1.02. The van der Waals surface area contributed by atoms with Crippen LogP contribution in [-0.2, 0) is 0 Å². The highest BCUT2D eigenvalue weighted by atomic mass is 35.5. The molecular weight excluding hydrogens is 210 g/mol. The van der Waals surface area contributed by atoms with Gasteiger partial charge in [-0.05, 0) is 30.5 Å². The number of nitrogen functional groups attached to an aromatic ring is 1. The van der Waals surface area contributed by atoms with Gasteiger partial charge < -0.3 is 5.73 Å². The number of benzene rings is 1. The van der Waals surface area contributed by atoms with E-state index in [1.54, 1.807) is 18.2 Å². The Labute approximate surface area is 94.4 Å². The molecule has 0 atom stereocenters. The monoisotopic (exact) mass is 223 g/mol. The number of hydrogen-bond acceptors (Lipinski definition) is 2. The average molecular weight is 224 g/mol. The summed E-state index contributed by atoms with van der Waals surface area (Å²) in [5.74, 6) is 0.915. The number of Topliss-reactive ketones (excluding diaryl/α,β-unsaturated/α-hetero) is 1. The number of carbonyl (C=O) groups excluding carboxylic acids is 1. The van der Waals surface area contributed by atoms with Crippen LogP contribution < -0.4 is 5.73 Å². The molecule has 0 amide bonds. The molecule has 1 fully saturated rings. The lowest BCUT2D eigenvalue weighted by Crippen LogP contribution is -2.03. The lowest BCUT2D eigenvalue weighted by atomic mass is 10.0. The average Bonchev–Trinajstić information content (AvgIpc) is 2.97. The zero-order valence-electron chi connectivity index (χ0n) is 8.50. The lowest BCUT2D eigenvalue weighted by Gasteiger charge is -2.04. The van der Waals surface area contributed by atoms with Gasteiger partial charge in [0.15, 0.2) is 5.78 Å². The molecule has 0 heterocycles. The van der Waals surface area contributed by atoms with E-state index in [1.165, 1.54) is 12.8 Å². The quantitative estimate of drug-likeness (QED) is 0.629. The second-order valence-electron chi connectivity index (χ2n) is 4.14. The highest BCUT2D eigenvalue weighted by Crippen LogP contribution is 2.34. The number of nitrogens with two attached hydrogens (primary N) is 1. The van der Waals surface area contributed by atoms with E-state index in [9.17, 15) is 4.79 Å². The Bertz CT molecular complexity index is 385. The summed E-state index contributed by atoms with van der Waals surface area (Å²) >= 11 is 5.77. The summed E-state index contributed by atoms with van der Waals surface area (Å²) in [5.41, 5.74) is 6.84. The van der Waals surface area contributed by atoms with E-state index in [4.69, 9.17) is 17.3 Å². The molecular formula is C12H14ClNO. The third-order valence-corrected chi connectivity index (χ3v) is 3.03. The van der Waals surface area contributed by atoms with Gasteiger partial charge in [0.1, 0.15) is 0 Å². The van der Waals surface area contributed by atoms with Crippen LogP contribution in [0.15, 0.2) is 18.2 Å². The van der Waals surface area contributed by atoms with Gasteiger partial charge in [-0.1, -0.05) is 24.4 Å². The Morgan fingerprint density at radius 2 is 2.20 bits per heavy atom. The van der Waals surface area contributed by atoms with Crippen molar-refractivity contribution in [3.63, 3.8) is 0 Å². The van der Waals surface area contributed by atoms with Crippen molar-refractivity contribution < 1.29 is 4.79 Å². The minimum atomic E-state index is 0.135. The molecule has 1 aliphatic carbocycles. The van der Waals surface area contributed by atoms with Crippen molar-refractivity contribution >= 4 is 23.1 Å². The van der Waals surface area contributed by atoms with E-state index in [2.05, 4.69) is 0 Å². The second kappa shape index (κ2) is 4.23. The zero-order chi connectivity index (χ0) is 10.8. The first-order valence-electron chi connectivity index (χ1n) is 5.25. The maximum Gasteiger partial charge on any atom is 0.164 e. The van der Waals surface area contributed by atoms with Gasteiger partial charge in [-0.15, -0.1) is 0 Å². The first-order valence-corrected chi connectivity index (χ1v) is 5.63. The Morgan fingerprint density at radius 1 is 1.47 bits per heavy atom. The summed E-state index contributed by atoms with van der Waals surface area (Å²) in [4.78, 5) is 11.8. The topological polar surface area (TPSA) is 43.1 Å². The van der Waals surface area contributed by atoms with Gasteiger partial charge in [0.2, 0.25) is 0 Å². The van der Waals surface area contributed by atoms with Crippen molar-refractivity contribution in [3.05, 3.63) is 28.8 Å². The predicted octanol–water partition coefficient (Wildman–Crippen LogP) is 3.30. The molecule has 0 saturated heterocycles. The molecule has 0 aromatic heterocycles. The first-order chi connectivity index (χ1) is 7.16. The van der Waals surface area contributed by atoms with E-state index in [-0.39, 0.29) is 5.78 Å². The van der Waals surface area contributed by atoms with Crippen LogP contribution in [0.3, 0.4) is 0 Å². The van der Waals surface area contributed by atoms with E-state index < -0.39 is 0 Å². The molecule has 1 saturated carbocycles. The Morgan fingerprint density at radius 3 is 2.80 bits per heavy atom. The van der Waals surface area contributed by atoms with Gasteiger partial charge in [-0.25, -0.2) is 0 Å². The third-order valence-electron chi connectivity index (χ3n) is 2.79. The highest BCUT2D eigenvalue weighted by Gasteiger charge is 2.22. The summed E-state index contributed by atoms with van der Waals surface area (Å²) in [6, 6.07) is 5.06. The van der Waals surface area contributed by atoms with Crippen LogP contribution in [0.2, 0.25) is 5.02 Å². The largest absolute Gasteiger partial charge is 0.398 e. The lowest BCUT2D eigenvalue weighted by molar-refractivity contribution is 0.0979. The molecule has 1 aromatic rings. The van der Waals surface area contributed by atoms with E-state index in [0.717, 1.165) is 12.3 Å². The molecule has 15 heavy (non-hydrogen) atoms. The molecule has 0 unspecified atom stereocenters. The number of hydrogen-bond donors (Lipinski definition) is 1. The fraction of sp³-hybridized carbons (Fsp3) is 0.417. The third kappa shape index (κ3) is 2.72. The highest BCUT2D eigenvalue weighted by molar-refractivity contribution is 6.31. The molecule has 2 nitrogen and oxygen atoms in total. The zero-order valence-corrected chi connectivity index (χ0v) is 9.26. The van der Waals surface area contributed by atoms with Gasteiger partial charge >= 0.3 is 0 Å². The van der Waals surface area contributed by atoms with Crippen LogP contribution in [0, 0.1) is 5.92 Å². The summed E-state index contributed by atoms with van der Waals surface area (Å²) in [7, 11) is 0. The van der Waals surface area contributed by atoms with Crippen LogP contribution >= 0.6 is 11.6 Å². The van der Waals surface area contributed by atoms with Crippen LogP contribution in [0.4, 0.5) is 5.69 Å². The Balaban J connectivity index is 2.03. The summed E-state index contributed by atoms with van der Waals surface area (Å²) in [6.45, 7) is 0. The number of halogens is 1. The standard InChI is InChI=1S/C12H14ClNO/c13-9-4-5-10(11(14)7-9)12(15)6-3-8-1-2-8/h4-5,7-8H,1-3,6,14H2. The first kappa shape index (κ1) is 10.5. The molecule has 3 heteroatoms. The molecule has 0 bridgehead atoms. The summed E-state index contributed by atoms with van der Waals surface area (Å²) < 4.78 is 0. The molecule has 0 aliphatic heterocycles. The summed E-state index contributed by atoms with van der Waals surface area (Å²) in [5, 5.41) is 0.575. The molecule has 2 N–H and O–H groups in total. The maximum absolute atomic E-state index is 11.8. The normalized spacial score (nSPS) is 15.3. The predicted molar refractivity (Wildman–Crippen MR) is 62.2 cm³/mol. The molecule has 1 aromatic carbocycles. The van der Waals surface area contributed by atoms with E-state index in [1.807, 2.05) is 0 Å². The van der Waals surface area contributed by atoms with Crippen molar-refractivity contribution in [2.75, 3.05) is 5.73 Å². The maximum atomic E-state index is 11.8. The van der Waals surface area contributed by atoms with Gasteiger partial charge in [-0.3, -0.25) is 4.79 Å². The number of rotatable bonds is 4. The molecule has 80 valence electrons. The Kier molecular flexibility index (Phi) is 2.96. The minimum Gasteiger partial charge on any atom is -0.398 e. The van der Waals surface area contributed by atoms with Crippen LogP contribution in [0.1, 0.15) is 36.0 Å². The van der Waals surface area contributed by atoms with Gasteiger partial charge in [-0.2, -0.15) is 0 Å². The number of ketones is 1. The molecule has 0 spiro atoms. The molecule has 0 radical (unpaired) electrons. The fourth-order valence-electron chi connectivity index (χ4n) is 1.66. The van der Waals surface area contributed by atoms with Crippen LogP contribution in [-0.4, -0.2) is 5.78 Å². The van der Waals surface area contributed by atoms with Crippen molar-refractivity contribution in [2.24, 2.45) is 5.92 Å². The fourth-order valence-corrected chi connectivity index (χ4v) is 1.84. The van der Waals surface area contributed by atoms with E-state index >= 15 is 0 Å². The van der Waals surface area contributed by atoms with Gasteiger partial charge in [0.05, 0.1) is 0 Å². The van der Waals surface area contributed by atoms with Crippen LogP contribution in [0.25, 0.3) is 0 Å². The van der Waals surface area contributed by atoms with Gasteiger partial charge in [0, 0.05) is 22.7 Å². The second-order valence-corrected chi connectivity index (χ2v) is 4.57. The molecule has 1 aliphatic rings. The van der Waals surface area contributed by atoms with Crippen molar-refractivity contribution in [1.29, 1.82) is 0 Å². The van der Waals surface area contributed by atoms with Gasteiger partial charge in [0.25, 0.3) is 0 Å². The summed E-state index contributed by atoms with van der Waals surface area (Å²) in [6.07, 6.45) is 4.17. The van der Waals surface area contributed by atoms with Crippen LogP contribution in [0.5, 0.6) is 0 Å². The van der Waals surface area contributed by atoms with Crippen molar-refractivity contribution in [3.8, 4) is 0 Å². The number of anilines is 1. The van der Waals surface area contributed by atoms with E-state index in [0.29, 0.717) is 22.7 Å². The van der Waals surface area contributed by atoms with Crippen molar-refractivity contribution in [2.45, 2.75) is 25.7 Å². The van der Waals surface area contributed by atoms with Crippen molar-refractivity contribution in [1.82, 2.24) is 0 Å². The number of carbonyl (C=O) groups is 1. The SMILES string of the molecule is Nc1cc(Cl)ccc1C(=O)CCC1CC1.